The number of hydrogen-bond acceptors (Lipinski definition) is 6. The van der Waals surface area contributed by atoms with Gasteiger partial charge in [0.2, 0.25) is 0 Å². The summed E-state index contributed by atoms with van der Waals surface area (Å²) < 4.78 is 0. The number of carbonyl (C=O) groups excluding carboxylic acids is 1. The lowest BCUT2D eigenvalue weighted by Crippen LogP contribution is -2.68. The molecule has 0 aromatic heterocycles. The van der Waals surface area contributed by atoms with Crippen molar-refractivity contribution in [2.24, 2.45) is 44.4 Å². The van der Waals surface area contributed by atoms with E-state index in [0.717, 1.165) is 121 Å². The molecule has 9 aliphatic rings. The van der Waals surface area contributed by atoms with Gasteiger partial charge in [0.15, 0.2) is 11.7 Å². The molecule has 42 heavy (non-hydrogen) atoms. The zero-order chi connectivity index (χ0) is 29.0. The Morgan fingerprint density at radius 3 is 2.48 bits per heavy atom. The summed E-state index contributed by atoms with van der Waals surface area (Å²) >= 11 is 0. The topological polar surface area (TPSA) is 76.4 Å². The van der Waals surface area contributed by atoms with Crippen LogP contribution in [-0.2, 0) is 4.79 Å². The first-order chi connectivity index (χ1) is 20.2. The van der Waals surface area contributed by atoms with Gasteiger partial charge in [0.1, 0.15) is 0 Å². The Morgan fingerprint density at radius 2 is 1.64 bits per heavy atom. The number of aliphatic hydroxyl groups is 2. The first kappa shape index (κ1) is 27.9. The molecule has 6 heteroatoms. The lowest BCUT2D eigenvalue weighted by molar-refractivity contribution is -0.178. The first-order valence-electron chi connectivity index (χ1n) is 17.6. The average Bonchev–Trinajstić information content (AvgIpc) is 3.27. The van der Waals surface area contributed by atoms with Gasteiger partial charge in [-0.05, 0) is 87.9 Å². The van der Waals surface area contributed by atoms with Gasteiger partial charge in [0.05, 0.1) is 18.2 Å². The molecule has 2 aliphatic heterocycles. The highest BCUT2D eigenvalue weighted by molar-refractivity contribution is 6.00. The molecule has 8 atom stereocenters. The molecule has 1 saturated heterocycles. The van der Waals surface area contributed by atoms with Crippen molar-refractivity contribution >= 4 is 11.7 Å². The highest BCUT2D eigenvalue weighted by Gasteiger charge is 2.74. The van der Waals surface area contributed by atoms with Crippen LogP contribution in [0, 0.1) is 39.4 Å². The van der Waals surface area contributed by atoms with Crippen molar-refractivity contribution < 1.29 is 15.0 Å². The summed E-state index contributed by atoms with van der Waals surface area (Å²) in [7, 11) is 0. The van der Waals surface area contributed by atoms with E-state index >= 15 is 0 Å². The maximum Gasteiger partial charge on any atom is 0.196 e. The van der Waals surface area contributed by atoms with Crippen molar-refractivity contribution in [3.8, 4) is 0 Å². The van der Waals surface area contributed by atoms with E-state index in [4.69, 9.17) is 4.99 Å². The Morgan fingerprint density at radius 1 is 0.905 bits per heavy atom. The van der Waals surface area contributed by atoms with Gasteiger partial charge in [0, 0.05) is 53.9 Å². The maximum atomic E-state index is 14.7. The third-order valence-corrected chi connectivity index (χ3v) is 14.7. The van der Waals surface area contributed by atoms with Crippen LogP contribution in [0.4, 0.5) is 0 Å². The number of aliphatic hydroxyl groups excluding tert-OH is 1. The number of β-amino-alcohol motifs (C(OH)–C–C–N with tert-alkyl or cyclic N) is 1. The van der Waals surface area contributed by atoms with E-state index in [0.29, 0.717) is 18.2 Å². The molecule has 2 bridgehead atoms. The van der Waals surface area contributed by atoms with Crippen molar-refractivity contribution in [3.05, 3.63) is 23.8 Å². The molecular formula is C36H53N3O3. The van der Waals surface area contributed by atoms with E-state index in [-0.39, 0.29) is 39.6 Å². The van der Waals surface area contributed by atoms with Crippen molar-refractivity contribution in [1.82, 2.24) is 9.80 Å². The number of aliphatic imine (C=N–C) groups is 1. The molecule has 0 aromatic rings. The SMILES string of the molecule is CC12CCC(O)CC13C=CC1(C(C(=O)C4CCCCC4)=C3)C2CCC2(C)C1CCC2(O)CN1CCCN2CCCN=C21. The van der Waals surface area contributed by atoms with Gasteiger partial charge in [-0.15, -0.1) is 0 Å². The number of hydrogen-bond donors (Lipinski definition) is 2. The Hall–Kier alpha value is -1.66. The van der Waals surface area contributed by atoms with Crippen molar-refractivity contribution in [3.63, 3.8) is 0 Å². The number of carbonyl (C=O) groups is 1. The lowest BCUT2D eigenvalue weighted by atomic mass is 9.32. The Bertz CT molecular complexity index is 1240. The predicted molar refractivity (Wildman–Crippen MR) is 165 cm³/mol. The fourth-order valence-electron chi connectivity index (χ4n) is 12.4. The van der Waals surface area contributed by atoms with Crippen LogP contribution >= 0.6 is 0 Å². The van der Waals surface area contributed by atoms with E-state index in [2.05, 4.69) is 41.9 Å². The minimum Gasteiger partial charge on any atom is -0.393 e. The van der Waals surface area contributed by atoms with Gasteiger partial charge in [-0.3, -0.25) is 9.79 Å². The molecule has 0 radical (unpaired) electrons. The van der Waals surface area contributed by atoms with Gasteiger partial charge in [-0.25, -0.2) is 0 Å². The second kappa shape index (κ2) is 9.42. The minimum atomic E-state index is -0.803. The Balaban J connectivity index is 1.20. The van der Waals surface area contributed by atoms with Crippen molar-refractivity contribution in [1.29, 1.82) is 0 Å². The van der Waals surface area contributed by atoms with Gasteiger partial charge >= 0.3 is 0 Å². The van der Waals surface area contributed by atoms with Crippen LogP contribution in [0.1, 0.15) is 104 Å². The number of fused-ring (bicyclic) bond motifs is 2. The third-order valence-electron chi connectivity index (χ3n) is 14.7. The molecule has 6 nitrogen and oxygen atoms in total. The van der Waals surface area contributed by atoms with Crippen molar-refractivity contribution in [2.75, 3.05) is 32.7 Å². The van der Waals surface area contributed by atoms with Gasteiger partial charge in [-0.1, -0.05) is 51.3 Å². The van der Waals surface area contributed by atoms with Gasteiger partial charge in [0.25, 0.3) is 0 Å². The minimum absolute atomic E-state index is 0.0452. The molecule has 9 rings (SSSR count). The van der Waals surface area contributed by atoms with E-state index in [1.165, 1.54) is 6.42 Å². The summed E-state index contributed by atoms with van der Waals surface area (Å²) in [6, 6.07) is 0. The smallest absolute Gasteiger partial charge is 0.196 e. The number of nitrogens with zero attached hydrogens (tertiary/aromatic N) is 3. The van der Waals surface area contributed by atoms with Crippen LogP contribution < -0.4 is 0 Å². The Labute approximate surface area is 252 Å². The second-order valence-electron chi connectivity index (χ2n) is 16.3. The molecule has 2 heterocycles. The van der Waals surface area contributed by atoms with E-state index in [9.17, 15) is 15.0 Å². The van der Waals surface area contributed by atoms with Crippen LogP contribution in [0.5, 0.6) is 0 Å². The second-order valence-corrected chi connectivity index (χ2v) is 16.3. The zero-order valence-electron chi connectivity index (χ0n) is 26.1. The number of Topliss-reactive ketones (excluding diaryl/α,β-unsaturated/α-hetero) is 1. The van der Waals surface area contributed by atoms with Crippen LogP contribution in [0.3, 0.4) is 0 Å². The Kier molecular flexibility index (Phi) is 6.25. The number of ketones is 1. The monoisotopic (exact) mass is 575 g/mol. The average molecular weight is 576 g/mol. The van der Waals surface area contributed by atoms with E-state index in [1.54, 1.807) is 0 Å². The van der Waals surface area contributed by atoms with Gasteiger partial charge in [-0.2, -0.15) is 0 Å². The number of rotatable bonds is 4. The molecule has 2 spiro atoms. The van der Waals surface area contributed by atoms with E-state index in [1.807, 2.05) is 0 Å². The van der Waals surface area contributed by atoms with Crippen molar-refractivity contribution in [2.45, 2.75) is 115 Å². The molecule has 2 N–H and O–H groups in total. The van der Waals surface area contributed by atoms with E-state index < -0.39 is 5.60 Å². The quantitative estimate of drug-likeness (QED) is 0.434. The normalized spacial score (nSPS) is 48.1. The fraction of sp³-hybridized carbons (Fsp3) is 0.833. The lowest BCUT2D eigenvalue weighted by Gasteiger charge is -2.71. The zero-order valence-corrected chi connectivity index (χ0v) is 26.1. The van der Waals surface area contributed by atoms with Crippen LogP contribution in [-0.4, -0.2) is 76.2 Å². The molecule has 0 aromatic carbocycles. The maximum absolute atomic E-state index is 14.7. The third kappa shape index (κ3) is 3.51. The standard InChI is InChI=1S/C36H53N3O3/c1-32-13-10-26(40)22-34(32)16-17-36(27(23-34)30(41)25-8-4-3-5-9-25)28(32)11-14-33(2)29(36)12-15-35(33,42)24-39-21-7-20-38-19-6-18-37-31(38)39/h16-17,23,25-26,28-29,40,42H,3-15,18-22,24H2,1-2H3. The highest BCUT2D eigenvalue weighted by Crippen LogP contribution is 2.78. The summed E-state index contributed by atoms with van der Waals surface area (Å²) in [4.78, 5) is 24.5. The van der Waals surface area contributed by atoms with Gasteiger partial charge < -0.3 is 20.0 Å². The largest absolute Gasteiger partial charge is 0.393 e. The van der Waals surface area contributed by atoms with Crippen LogP contribution in [0.15, 0.2) is 28.8 Å². The summed E-state index contributed by atoms with van der Waals surface area (Å²) in [5.74, 6) is 2.30. The molecular weight excluding hydrogens is 522 g/mol. The summed E-state index contributed by atoms with van der Waals surface area (Å²) in [6.07, 6.45) is 21.4. The predicted octanol–water partition coefficient (Wildman–Crippen LogP) is 5.49. The summed E-state index contributed by atoms with van der Waals surface area (Å²) in [6.45, 7) is 9.56. The molecule has 5 fully saturated rings. The molecule has 230 valence electrons. The summed E-state index contributed by atoms with van der Waals surface area (Å²) in [5.41, 5.74) is -0.461. The number of guanidine groups is 1. The molecule has 8 unspecified atom stereocenters. The number of allylic oxidation sites excluding steroid dienone is 4. The molecule has 0 amide bonds. The molecule has 7 aliphatic carbocycles. The molecule has 4 saturated carbocycles. The van der Waals surface area contributed by atoms with Crippen LogP contribution in [0.25, 0.3) is 0 Å². The first-order valence-corrected chi connectivity index (χ1v) is 17.6. The highest BCUT2D eigenvalue weighted by atomic mass is 16.3. The van der Waals surface area contributed by atoms with Crippen LogP contribution in [0.2, 0.25) is 0 Å². The summed E-state index contributed by atoms with van der Waals surface area (Å²) in [5, 5.41) is 23.8. The fourth-order valence-corrected chi connectivity index (χ4v) is 12.4.